The van der Waals surface area contributed by atoms with Crippen molar-refractivity contribution in [3.63, 3.8) is 0 Å². The summed E-state index contributed by atoms with van der Waals surface area (Å²) < 4.78 is 0. The molecule has 4 aliphatic carbocycles. The highest BCUT2D eigenvalue weighted by molar-refractivity contribution is 6.30. The van der Waals surface area contributed by atoms with Crippen LogP contribution in [0.15, 0.2) is 24.3 Å². The molecule has 4 bridgehead atoms. The average molecular weight is 404 g/mol. The van der Waals surface area contributed by atoms with E-state index in [-0.39, 0.29) is 12.3 Å². The fraction of sp³-hybridized carbons (Fsp3) is 0.652. The molecule has 1 aromatic carbocycles. The van der Waals surface area contributed by atoms with Crippen molar-refractivity contribution < 1.29 is 14.7 Å². The molecule has 4 nitrogen and oxygen atoms in total. The first kappa shape index (κ1) is 19.8. The SMILES string of the molecule is O=C(C[C@@H](Cc1ccc(Cl)cc1)C(=O)O)NCCC12CC3CC(CC(C3)C1)C2. The Balaban J connectivity index is 1.26. The second-order valence-electron chi connectivity index (χ2n) is 9.59. The van der Waals surface area contributed by atoms with Crippen LogP contribution in [-0.2, 0) is 16.0 Å². The number of carbonyl (C=O) groups is 2. The first-order valence-electron chi connectivity index (χ1n) is 10.6. The molecule has 0 unspecified atom stereocenters. The number of carbonyl (C=O) groups excluding carboxylic acids is 1. The van der Waals surface area contributed by atoms with Crippen molar-refractivity contribution in [1.29, 1.82) is 0 Å². The molecule has 4 saturated carbocycles. The lowest BCUT2D eigenvalue weighted by atomic mass is 9.49. The van der Waals surface area contributed by atoms with Crippen molar-refractivity contribution in [3.05, 3.63) is 34.9 Å². The average Bonchev–Trinajstić information content (AvgIpc) is 2.61. The van der Waals surface area contributed by atoms with Crippen LogP contribution in [0.1, 0.15) is 56.9 Å². The summed E-state index contributed by atoms with van der Waals surface area (Å²) >= 11 is 5.88. The number of benzene rings is 1. The van der Waals surface area contributed by atoms with Gasteiger partial charge in [0.2, 0.25) is 5.91 Å². The number of hydrogen-bond acceptors (Lipinski definition) is 2. The van der Waals surface area contributed by atoms with Gasteiger partial charge in [0.15, 0.2) is 0 Å². The summed E-state index contributed by atoms with van der Waals surface area (Å²) in [6.07, 6.45) is 9.71. The highest BCUT2D eigenvalue weighted by Gasteiger charge is 2.50. The predicted molar refractivity (Wildman–Crippen MR) is 109 cm³/mol. The van der Waals surface area contributed by atoms with Gasteiger partial charge in [-0.3, -0.25) is 9.59 Å². The van der Waals surface area contributed by atoms with Crippen molar-refractivity contribution in [3.8, 4) is 0 Å². The highest BCUT2D eigenvalue weighted by Crippen LogP contribution is 2.61. The van der Waals surface area contributed by atoms with E-state index in [0.717, 1.165) is 29.7 Å². The van der Waals surface area contributed by atoms with E-state index in [1.165, 1.54) is 38.5 Å². The van der Waals surface area contributed by atoms with Crippen LogP contribution in [0, 0.1) is 29.1 Å². The lowest BCUT2D eigenvalue weighted by molar-refractivity contribution is -0.144. The maximum Gasteiger partial charge on any atom is 0.307 e. The summed E-state index contributed by atoms with van der Waals surface area (Å²) in [6, 6.07) is 7.15. The highest BCUT2D eigenvalue weighted by atomic mass is 35.5. The van der Waals surface area contributed by atoms with E-state index in [0.29, 0.717) is 23.4 Å². The molecule has 0 aliphatic heterocycles. The first-order valence-corrected chi connectivity index (χ1v) is 11.0. The summed E-state index contributed by atoms with van der Waals surface area (Å²) in [5, 5.41) is 13.1. The standard InChI is InChI=1S/C23H30ClNO3/c24-20-3-1-15(2-4-20)10-19(22(27)28)11-21(26)25-6-5-23-12-16-7-17(13-23)9-18(8-16)14-23/h1-4,16-19H,5-14H2,(H,25,26)(H,27,28)/t16?,17?,18?,19-,23?/m1/s1. The molecule has 2 N–H and O–H groups in total. The molecule has 0 spiro atoms. The van der Waals surface area contributed by atoms with E-state index in [9.17, 15) is 14.7 Å². The quantitative estimate of drug-likeness (QED) is 0.661. The van der Waals surface area contributed by atoms with Crippen LogP contribution in [0.3, 0.4) is 0 Å². The third-order valence-corrected chi connectivity index (χ3v) is 7.57. The molecule has 1 atom stereocenters. The molecule has 5 rings (SSSR count). The van der Waals surface area contributed by atoms with Gasteiger partial charge < -0.3 is 10.4 Å². The Kier molecular flexibility index (Phi) is 5.69. The van der Waals surface area contributed by atoms with Crippen molar-refractivity contribution >= 4 is 23.5 Å². The van der Waals surface area contributed by atoms with Crippen LogP contribution in [0.25, 0.3) is 0 Å². The fourth-order valence-electron chi connectivity index (χ4n) is 6.51. The Bertz CT molecular complexity index is 695. The summed E-state index contributed by atoms with van der Waals surface area (Å²) in [4.78, 5) is 24.0. The Morgan fingerprint density at radius 3 is 2.18 bits per heavy atom. The van der Waals surface area contributed by atoms with Gasteiger partial charge in [0.25, 0.3) is 0 Å². The topological polar surface area (TPSA) is 66.4 Å². The van der Waals surface area contributed by atoms with Gasteiger partial charge in [0, 0.05) is 18.0 Å². The molecule has 1 amide bonds. The van der Waals surface area contributed by atoms with Crippen molar-refractivity contribution in [1.82, 2.24) is 5.32 Å². The van der Waals surface area contributed by atoms with Gasteiger partial charge in [-0.25, -0.2) is 0 Å². The van der Waals surface area contributed by atoms with Crippen molar-refractivity contribution in [2.45, 2.75) is 57.8 Å². The van der Waals surface area contributed by atoms with Crippen LogP contribution >= 0.6 is 11.6 Å². The van der Waals surface area contributed by atoms with Crippen LogP contribution in [-0.4, -0.2) is 23.5 Å². The number of carboxylic acid groups (broad SMARTS) is 1. The number of hydrogen-bond donors (Lipinski definition) is 2. The van der Waals surface area contributed by atoms with E-state index in [4.69, 9.17) is 11.6 Å². The van der Waals surface area contributed by atoms with E-state index in [1.54, 1.807) is 12.1 Å². The zero-order chi connectivity index (χ0) is 19.7. The molecule has 5 heteroatoms. The smallest absolute Gasteiger partial charge is 0.307 e. The maximum absolute atomic E-state index is 12.4. The van der Waals surface area contributed by atoms with Gasteiger partial charge in [-0.1, -0.05) is 23.7 Å². The Hall–Kier alpha value is -1.55. The zero-order valence-corrected chi connectivity index (χ0v) is 17.1. The van der Waals surface area contributed by atoms with E-state index in [2.05, 4.69) is 5.32 Å². The van der Waals surface area contributed by atoms with E-state index < -0.39 is 11.9 Å². The molecule has 0 saturated heterocycles. The van der Waals surface area contributed by atoms with Crippen LogP contribution in [0.2, 0.25) is 5.02 Å². The number of carboxylic acids is 1. The lowest BCUT2D eigenvalue weighted by Gasteiger charge is -2.57. The lowest BCUT2D eigenvalue weighted by Crippen LogP contribution is -2.47. The summed E-state index contributed by atoms with van der Waals surface area (Å²) in [5.41, 5.74) is 1.33. The summed E-state index contributed by atoms with van der Waals surface area (Å²) in [5.74, 6) is 0.964. The molecule has 28 heavy (non-hydrogen) atoms. The molecule has 0 radical (unpaired) electrons. The van der Waals surface area contributed by atoms with Crippen LogP contribution in [0.4, 0.5) is 0 Å². The van der Waals surface area contributed by atoms with Gasteiger partial charge in [-0.05, 0) is 92.2 Å². The number of halogens is 1. The fourth-order valence-corrected chi connectivity index (χ4v) is 6.64. The minimum Gasteiger partial charge on any atom is -0.481 e. The minimum absolute atomic E-state index is 0.0266. The first-order chi connectivity index (χ1) is 13.4. The van der Waals surface area contributed by atoms with E-state index >= 15 is 0 Å². The number of amides is 1. The molecule has 0 heterocycles. The third kappa shape index (κ3) is 4.53. The molecule has 1 aromatic rings. The summed E-state index contributed by atoms with van der Waals surface area (Å²) in [7, 11) is 0. The minimum atomic E-state index is -0.925. The van der Waals surface area contributed by atoms with Gasteiger partial charge >= 0.3 is 5.97 Å². The Morgan fingerprint density at radius 1 is 1.07 bits per heavy atom. The molecular formula is C23H30ClNO3. The van der Waals surface area contributed by atoms with Crippen LogP contribution < -0.4 is 5.32 Å². The number of aliphatic carboxylic acids is 1. The van der Waals surface area contributed by atoms with E-state index in [1.807, 2.05) is 12.1 Å². The molecule has 4 aliphatic rings. The second-order valence-corrected chi connectivity index (χ2v) is 10.0. The third-order valence-electron chi connectivity index (χ3n) is 7.32. The molecular weight excluding hydrogens is 374 g/mol. The molecule has 0 aromatic heterocycles. The predicted octanol–water partition coefficient (Wildman–Crippen LogP) is 4.70. The Labute approximate surface area is 172 Å². The zero-order valence-electron chi connectivity index (χ0n) is 16.3. The second kappa shape index (κ2) is 8.06. The van der Waals surface area contributed by atoms with Gasteiger partial charge in [0.1, 0.15) is 0 Å². The number of rotatable bonds is 8. The molecule has 4 fully saturated rings. The van der Waals surface area contributed by atoms with Crippen LogP contribution in [0.5, 0.6) is 0 Å². The number of nitrogens with one attached hydrogen (secondary N) is 1. The normalized spacial score (nSPS) is 31.5. The monoisotopic (exact) mass is 403 g/mol. The Morgan fingerprint density at radius 2 is 1.64 bits per heavy atom. The van der Waals surface area contributed by atoms with Gasteiger partial charge in [-0.15, -0.1) is 0 Å². The van der Waals surface area contributed by atoms with Crippen molar-refractivity contribution in [2.75, 3.05) is 6.54 Å². The summed E-state index contributed by atoms with van der Waals surface area (Å²) in [6.45, 7) is 0.679. The maximum atomic E-state index is 12.4. The van der Waals surface area contributed by atoms with Gasteiger partial charge in [-0.2, -0.15) is 0 Å². The largest absolute Gasteiger partial charge is 0.481 e. The van der Waals surface area contributed by atoms with Crippen molar-refractivity contribution in [2.24, 2.45) is 29.1 Å². The molecule has 152 valence electrons. The van der Waals surface area contributed by atoms with Gasteiger partial charge in [0.05, 0.1) is 5.92 Å².